The molecule has 0 aliphatic carbocycles. The number of amides is 1. The second kappa shape index (κ2) is 5.96. The van der Waals surface area contributed by atoms with Crippen molar-refractivity contribution in [2.45, 2.75) is 25.7 Å². The van der Waals surface area contributed by atoms with Gasteiger partial charge >= 0.3 is 0 Å². The minimum atomic E-state index is -0.0790. The van der Waals surface area contributed by atoms with Crippen LogP contribution in [0.1, 0.15) is 40.8 Å². The Labute approximate surface area is 132 Å². The Morgan fingerprint density at radius 2 is 2.14 bits per heavy atom. The number of hydrogen-bond acceptors (Lipinski definition) is 5. The Kier molecular flexibility index (Phi) is 4.02. The standard InChI is InChI=1S/C15H16ClN3O3/c1-9-17-14(18-22-9)10-4-6-19(7-5-10)15(21)11-2-3-13(20)12(16)8-11/h2-3,8,10,20H,4-7H2,1H3. The maximum absolute atomic E-state index is 12.4. The highest BCUT2D eigenvalue weighted by Gasteiger charge is 2.27. The monoisotopic (exact) mass is 321 g/mol. The van der Waals surface area contributed by atoms with Crippen molar-refractivity contribution < 1.29 is 14.4 Å². The van der Waals surface area contributed by atoms with Crippen LogP contribution in [0, 0.1) is 6.92 Å². The Morgan fingerprint density at radius 3 is 2.73 bits per heavy atom. The highest BCUT2D eigenvalue weighted by Crippen LogP contribution is 2.28. The lowest BCUT2D eigenvalue weighted by atomic mass is 9.95. The summed E-state index contributed by atoms with van der Waals surface area (Å²) >= 11 is 5.85. The Bertz CT molecular complexity index is 693. The number of nitrogens with zero attached hydrogens (tertiary/aromatic N) is 3. The third-order valence-corrected chi connectivity index (χ3v) is 4.19. The van der Waals surface area contributed by atoms with Gasteiger partial charge in [-0.15, -0.1) is 0 Å². The summed E-state index contributed by atoms with van der Waals surface area (Å²) in [5.41, 5.74) is 0.483. The molecule has 1 N–H and O–H groups in total. The fraction of sp³-hybridized carbons (Fsp3) is 0.400. The van der Waals surface area contributed by atoms with Crippen LogP contribution in [0.3, 0.4) is 0 Å². The van der Waals surface area contributed by atoms with Crippen LogP contribution in [0.5, 0.6) is 5.75 Å². The van der Waals surface area contributed by atoms with Crippen LogP contribution >= 0.6 is 11.6 Å². The van der Waals surface area contributed by atoms with Crippen LogP contribution < -0.4 is 0 Å². The number of aryl methyl sites for hydroxylation is 1. The van der Waals surface area contributed by atoms with Gasteiger partial charge in [0.1, 0.15) is 5.75 Å². The van der Waals surface area contributed by atoms with E-state index in [4.69, 9.17) is 16.1 Å². The predicted octanol–water partition coefficient (Wildman–Crippen LogP) is 2.76. The zero-order valence-electron chi connectivity index (χ0n) is 12.1. The van der Waals surface area contributed by atoms with Gasteiger partial charge in [0, 0.05) is 31.5 Å². The molecule has 1 saturated heterocycles. The molecule has 116 valence electrons. The molecule has 0 spiro atoms. The number of piperidine rings is 1. The van der Waals surface area contributed by atoms with E-state index >= 15 is 0 Å². The fourth-order valence-corrected chi connectivity index (χ4v) is 2.82. The number of aromatic hydroxyl groups is 1. The van der Waals surface area contributed by atoms with E-state index in [0.717, 1.165) is 18.7 Å². The third kappa shape index (κ3) is 2.92. The molecule has 1 amide bonds. The Hall–Kier alpha value is -2.08. The molecule has 3 rings (SSSR count). The molecule has 1 aliphatic rings. The molecule has 6 nitrogen and oxygen atoms in total. The topological polar surface area (TPSA) is 79.5 Å². The van der Waals surface area contributed by atoms with Gasteiger partial charge in [0.25, 0.3) is 5.91 Å². The van der Waals surface area contributed by atoms with E-state index in [1.165, 1.54) is 12.1 Å². The number of rotatable bonds is 2. The van der Waals surface area contributed by atoms with E-state index in [9.17, 15) is 9.90 Å². The van der Waals surface area contributed by atoms with E-state index in [1.807, 2.05) is 0 Å². The van der Waals surface area contributed by atoms with Crippen LogP contribution in [-0.2, 0) is 0 Å². The normalized spacial score (nSPS) is 16.0. The smallest absolute Gasteiger partial charge is 0.253 e. The number of benzene rings is 1. The lowest BCUT2D eigenvalue weighted by Gasteiger charge is -2.30. The minimum absolute atomic E-state index is 0.0237. The van der Waals surface area contributed by atoms with Crippen molar-refractivity contribution in [2.75, 3.05) is 13.1 Å². The maximum Gasteiger partial charge on any atom is 0.253 e. The van der Waals surface area contributed by atoms with E-state index in [2.05, 4.69) is 10.1 Å². The van der Waals surface area contributed by atoms with Gasteiger partial charge < -0.3 is 14.5 Å². The number of carbonyl (C=O) groups excluding carboxylic acids is 1. The van der Waals surface area contributed by atoms with Gasteiger partial charge in [0.15, 0.2) is 5.82 Å². The zero-order chi connectivity index (χ0) is 15.7. The lowest BCUT2D eigenvalue weighted by Crippen LogP contribution is -2.38. The molecule has 1 aromatic heterocycles. The molecule has 2 heterocycles. The first-order valence-corrected chi connectivity index (χ1v) is 7.50. The number of phenols is 1. The van der Waals surface area contributed by atoms with Crippen molar-refractivity contribution in [3.63, 3.8) is 0 Å². The largest absolute Gasteiger partial charge is 0.506 e. The van der Waals surface area contributed by atoms with Crippen molar-refractivity contribution >= 4 is 17.5 Å². The van der Waals surface area contributed by atoms with Crippen molar-refractivity contribution in [3.8, 4) is 5.75 Å². The number of carbonyl (C=O) groups is 1. The van der Waals surface area contributed by atoms with Crippen molar-refractivity contribution in [3.05, 3.63) is 40.5 Å². The molecule has 1 fully saturated rings. The van der Waals surface area contributed by atoms with Gasteiger partial charge in [-0.25, -0.2) is 0 Å². The minimum Gasteiger partial charge on any atom is -0.506 e. The van der Waals surface area contributed by atoms with Crippen LogP contribution in [0.25, 0.3) is 0 Å². The summed E-state index contributed by atoms with van der Waals surface area (Å²) in [5, 5.41) is 13.6. The van der Waals surface area contributed by atoms with Gasteiger partial charge in [-0.1, -0.05) is 16.8 Å². The van der Waals surface area contributed by atoms with Crippen molar-refractivity contribution in [1.82, 2.24) is 15.0 Å². The van der Waals surface area contributed by atoms with E-state index in [-0.39, 0.29) is 22.6 Å². The zero-order valence-corrected chi connectivity index (χ0v) is 12.9. The highest BCUT2D eigenvalue weighted by molar-refractivity contribution is 6.32. The van der Waals surface area contributed by atoms with Gasteiger partial charge in [-0.2, -0.15) is 4.98 Å². The molecule has 7 heteroatoms. The molecular formula is C15H16ClN3O3. The number of phenolic OH excluding ortho intramolecular Hbond substituents is 1. The average molecular weight is 322 g/mol. The number of halogens is 1. The van der Waals surface area contributed by atoms with Crippen LogP contribution in [0.2, 0.25) is 5.02 Å². The van der Waals surface area contributed by atoms with Gasteiger partial charge in [-0.3, -0.25) is 4.79 Å². The molecule has 0 atom stereocenters. The first kappa shape index (κ1) is 14.8. The molecule has 1 aliphatic heterocycles. The first-order chi connectivity index (χ1) is 10.5. The first-order valence-electron chi connectivity index (χ1n) is 7.12. The molecule has 0 radical (unpaired) electrons. The number of aromatic nitrogens is 2. The second-order valence-electron chi connectivity index (χ2n) is 5.40. The SMILES string of the molecule is Cc1nc(C2CCN(C(=O)c3ccc(O)c(Cl)c3)CC2)no1. The van der Waals surface area contributed by atoms with E-state index in [0.29, 0.717) is 24.5 Å². The summed E-state index contributed by atoms with van der Waals surface area (Å²) in [6, 6.07) is 4.51. The van der Waals surface area contributed by atoms with E-state index in [1.54, 1.807) is 17.9 Å². The second-order valence-corrected chi connectivity index (χ2v) is 5.81. The molecule has 0 unspecified atom stereocenters. The van der Waals surface area contributed by atoms with E-state index < -0.39 is 0 Å². The summed E-state index contributed by atoms with van der Waals surface area (Å²) < 4.78 is 5.01. The van der Waals surface area contributed by atoms with Gasteiger partial charge in [-0.05, 0) is 31.0 Å². The van der Waals surface area contributed by atoms with Crippen molar-refractivity contribution in [2.24, 2.45) is 0 Å². The molecule has 0 bridgehead atoms. The summed E-state index contributed by atoms with van der Waals surface area (Å²) in [7, 11) is 0. The molecule has 1 aromatic carbocycles. The summed E-state index contributed by atoms with van der Waals surface area (Å²) in [6.45, 7) is 3.04. The fourth-order valence-electron chi connectivity index (χ4n) is 2.64. The van der Waals surface area contributed by atoms with Gasteiger partial charge in [0.2, 0.25) is 5.89 Å². The Balaban J connectivity index is 1.65. The van der Waals surface area contributed by atoms with Crippen LogP contribution in [-0.4, -0.2) is 39.1 Å². The van der Waals surface area contributed by atoms with Crippen LogP contribution in [0.4, 0.5) is 0 Å². The summed E-state index contributed by atoms with van der Waals surface area (Å²) in [5.74, 6) is 1.41. The summed E-state index contributed by atoms with van der Waals surface area (Å²) in [6.07, 6.45) is 1.60. The molecule has 2 aromatic rings. The molecule has 22 heavy (non-hydrogen) atoms. The molecule has 0 saturated carbocycles. The van der Waals surface area contributed by atoms with Crippen molar-refractivity contribution in [1.29, 1.82) is 0 Å². The van der Waals surface area contributed by atoms with Gasteiger partial charge in [0.05, 0.1) is 5.02 Å². The summed E-state index contributed by atoms with van der Waals surface area (Å²) in [4.78, 5) is 18.5. The third-order valence-electron chi connectivity index (χ3n) is 3.89. The highest BCUT2D eigenvalue weighted by atomic mass is 35.5. The van der Waals surface area contributed by atoms with Crippen LogP contribution in [0.15, 0.2) is 22.7 Å². The Morgan fingerprint density at radius 1 is 1.41 bits per heavy atom. The predicted molar refractivity (Wildman–Crippen MR) is 80.0 cm³/mol. The maximum atomic E-state index is 12.4. The molecular weight excluding hydrogens is 306 g/mol. The number of likely N-dealkylation sites (tertiary alicyclic amines) is 1. The lowest BCUT2D eigenvalue weighted by molar-refractivity contribution is 0.0710. The average Bonchev–Trinajstić information content (AvgIpc) is 2.96. The quantitative estimate of drug-likeness (QED) is 0.920. The number of hydrogen-bond donors (Lipinski definition) is 1.